The van der Waals surface area contributed by atoms with Crippen LogP contribution in [0.1, 0.15) is 11.6 Å². The van der Waals surface area contributed by atoms with Crippen LogP contribution in [0.5, 0.6) is 0 Å². The number of hydrogen-bond acceptors (Lipinski definition) is 6. The second-order valence-corrected chi connectivity index (χ2v) is 9.11. The first kappa shape index (κ1) is 21.3. The van der Waals surface area contributed by atoms with Gasteiger partial charge in [0.25, 0.3) is 0 Å². The maximum absolute atomic E-state index is 14.2. The molecule has 0 radical (unpaired) electrons. The minimum Gasteiger partial charge on any atom is -0.322 e. The number of benzene rings is 3. The van der Waals surface area contributed by atoms with Gasteiger partial charge in [0, 0.05) is 5.02 Å². The average molecular weight is 477 g/mol. The summed E-state index contributed by atoms with van der Waals surface area (Å²) in [6.07, 6.45) is 0. The summed E-state index contributed by atoms with van der Waals surface area (Å²) in [5.74, 6) is -1.51. The third-order valence-corrected chi connectivity index (χ3v) is 6.63. The highest BCUT2D eigenvalue weighted by Gasteiger charge is 2.29. The fourth-order valence-corrected chi connectivity index (χ4v) is 5.04. The number of hydrogen-bond donors (Lipinski definition) is 2. The fourth-order valence-electron chi connectivity index (χ4n) is 2.93. The first-order chi connectivity index (χ1) is 14.8. The molecule has 0 spiro atoms. The van der Waals surface area contributed by atoms with Crippen molar-refractivity contribution >= 4 is 56.0 Å². The summed E-state index contributed by atoms with van der Waals surface area (Å²) in [7, 11) is -4.18. The molecule has 1 amide bonds. The zero-order valence-corrected chi connectivity index (χ0v) is 18.0. The van der Waals surface area contributed by atoms with E-state index in [0.29, 0.717) is 11.1 Å². The molecule has 0 aliphatic rings. The molecular weight excluding hydrogens is 463 g/mol. The highest BCUT2D eigenvalue weighted by Crippen LogP contribution is 2.25. The van der Waals surface area contributed by atoms with E-state index >= 15 is 0 Å². The normalized spacial score (nSPS) is 12.6. The smallest absolute Gasteiger partial charge is 0.247 e. The van der Waals surface area contributed by atoms with Crippen LogP contribution in [0, 0.1) is 5.82 Å². The third kappa shape index (κ3) is 4.57. The van der Waals surface area contributed by atoms with Gasteiger partial charge in [-0.05, 0) is 35.9 Å². The molecule has 1 aromatic heterocycles. The molecular formula is C20H14ClFN4O3S2. The van der Waals surface area contributed by atoms with Crippen LogP contribution in [-0.2, 0) is 14.8 Å². The SMILES string of the molecule is O=C(Nc1ccc(Cl)cc1F)[C@@H](NS(=O)(=O)c1cccc2nsnc12)c1ccccc1. The van der Waals surface area contributed by atoms with Gasteiger partial charge in [0.1, 0.15) is 27.8 Å². The number of nitrogens with one attached hydrogen (secondary N) is 2. The van der Waals surface area contributed by atoms with Gasteiger partial charge >= 0.3 is 0 Å². The van der Waals surface area contributed by atoms with Gasteiger partial charge < -0.3 is 5.32 Å². The lowest BCUT2D eigenvalue weighted by atomic mass is 10.1. The molecule has 0 saturated carbocycles. The molecule has 1 heterocycles. The molecule has 31 heavy (non-hydrogen) atoms. The lowest BCUT2D eigenvalue weighted by Crippen LogP contribution is -2.37. The van der Waals surface area contributed by atoms with Gasteiger partial charge in [-0.15, -0.1) is 0 Å². The van der Waals surface area contributed by atoms with E-state index in [9.17, 15) is 17.6 Å². The van der Waals surface area contributed by atoms with Crippen LogP contribution in [0.25, 0.3) is 11.0 Å². The molecule has 0 aliphatic heterocycles. The number of anilines is 1. The Morgan fingerprint density at radius 1 is 1.03 bits per heavy atom. The van der Waals surface area contributed by atoms with E-state index in [0.717, 1.165) is 17.8 Å². The Morgan fingerprint density at radius 3 is 2.55 bits per heavy atom. The quantitative estimate of drug-likeness (QED) is 0.435. The van der Waals surface area contributed by atoms with Gasteiger partial charge in [-0.1, -0.05) is 48.0 Å². The van der Waals surface area contributed by atoms with E-state index in [4.69, 9.17) is 11.6 Å². The first-order valence-electron chi connectivity index (χ1n) is 8.89. The highest BCUT2D eigenvalue weighted by atomic mass is 35.5. The van der Waals surface area contributed by atoms with E-state index in [2.05, 4.69) is 18.8 Å². The number of sulfonamides is 1. The monoisotopic (exact) mass is 476 g/mol. The summed E-state index contributed by atoms with van der Waals surface area (Å²) < 4.78 is 51.0. The van der Waals surface area contributed by atoms with Gasteiger partial charge in [-0.25, -0.2) is 12.8 Å². The van der Waals surface area contributed by atoms with E-state index in [1.807, 2.05) is 0 Å². The molecule has 11 heteroatoms. The minimum atomic E-state index is -4.18. The Morgan fingerprint density at radius 2 is 1.81 bits per heavy atom. The average Bonchev–Trinajstić information content (AvgIpc) is 3.23. The third-order valence-electron chi connectivity index (χ3n) is 4.40. The molecule has 1 atom stereocenters. The summed E-state index contributed by atoms with van der Waals surface area (Å²) in [5, 5.41) is 2.58. The predicted molar refractivity (Wildman–Crippen MR) is 117 cm³/mol. The zero-order chi connectivity index (χ0) is 22.0. The van der Waals surface area contributed by atoms with E-state index in [1.165, 1.54) is 18.2 Å². The van der Waals surface area contributed by atoms with Crippen LogP contribution in [0.15, 0.2) is 71.6 Å². The summed E-state index contributed by atoms with van der Waals surface area (Å²) in [6.45, 7) is 0. The van der Waals surface area contributed by atoms with Crippen LogP contribution >= 0.6 is 23.3 Å². The fraction of sp³-hybridized carbons (Fsp3) is 0.0500. The number of aromatic nitrogens is 2. The summed E-state index contributed by atoms with van der Waals surface area (Å²) in [5.41, 5.74) is 0.884. The number of carbonyl (C=O) groups excluding carboxylic acids is 1. The van der Waals surface area contributed by atoms with Gasteiger partial charge in [0.15, 0.2) is 0 Å². The van der Waals surface area contributed by atoms with Crippen molar-refractivity contribution in [3.63, 3.8) is 0 Å². The van der Waals surface area contributed by atoms with Crippen LogP contribution in [0.2, 0.25) is 5.02 Å². The summed E-state index contributed by atoms with van der Waals surface area (Å²) >= 11 is 6.64. The van der Waals surface area contributed by atoms with E-state index < -0.39 is 27.8 Å². The van der Waals surface area contributed by atoms with Crippen molar-refractivity contribution in [2.45, 2.75) is 10.9 Å². The number of carbonyl (C=O) groups is 1. The molecule has 158 valence electrons. The molecule has 0 bridgehead atoms. The van der Waals surface area contributed by atoms with Crippen molar-refractivity contribution in [3.05, 3.63) is 83.1 Å². The number of fused-ring (bicyclic) bond motifs is 1. The Bertz CT molecular complexity index is 1360. The zero-order valence-electron chi connectivity index (χ0n) is 15.6. The van der Waals surface area contributed by atoms with Crippen molar-refractivity contribution in [3.8, 4) is 0 Å². The molecule has 7 nitrogen and oxygen atoms in total. The first-order valence-corrected chi connectivity index (χ1v) is 11.5. The number of rotatable bonds is 6. The van der Waals surface area contributed by atoms with Crippen LogP contribution in [0.3, 0.4) is 0 Å². The van der Waals surface area contributed by atoms with Crippen molar-refractivity contribution < 1.29 is 17.6 Å². The molecule has 2 N–H and O–H groups in total. The van der Waals surface area contributed by atoms with Gasteiger partial charge in [0.2, 0.25) is 15.9 Å². The highest BCUT2D eigenvalue weighted by molar-refractivity contribution is 7.89. The van der Waals surface area contributed by atoms with E-state index in [-0.39, 0.29) is 21.1 Å². The molecule has 0 fully saturated rings. The van der Waals surface area contributed by atoms with Gasteiger partial charge in [-0.2, -0.15) is 13.5 Å². The summed E-state index contributed by atoms with van der Waals surface area (Å²) in [4.78, 5) is 12.9. The molecule has 0 aliphatic carbocycles. The lowest BCUT2D eigenvalue weighted by molar-refractivity contribution is -0.117. The standard InChI is InChI=1S/C20H14ClFN4O3S2/c21-13-9-10-15(14(22)11-13)23-20(27)18(12-5-2-1-3-6-12)26-31(28,29)17-8-4-7-16-19(17)25-30-24-16/h1-11,18,26H,(H,23,27)/t18-/m0/s1. The van der Waals surface area contributed by atoms with Crippen molar-refractivity contribution in [1.82, 2.24) is 13.5 Å². The summed E-state index contributed by atoms with van der Waals surface area (Å²) in [6, 6.07) is 15.2. The largest absolute Gasteiger partial charge is 0.322 e. The number of amides is 1. The molecule has 4 rings (SSSR count). The number of nitrogens with zero attached hydrogens (tertiary/aromatic N) is 2. The van der Waals surface area contributed by atoms with Crippen molar-refractivity contribution in [1.29, 1.82) is 0 Å². The second kappa shape index (κ2) is 8.67. The van der Waals surface area contributed by atoms with Gasteiger partial charge in [0.05, 0.1) is 17.4 Å². The lowest BCUT2D eigenvalue weighted by Gasteiger charge is -2.19. The molecule has 3 aromatic carbocycles. The Kier molecular flexibility index (Phi) is 5.96. The Hall–Kier alpha value is -2.92. The Balaban J connectivity index is 1.70. The topological polar surface area (TPSA) is 101 Å². The molecule has 0 saturated heterocycles. The van der Waals surface area contributed by atoms with E-state index in [1.54, 1.807) is 42.5 Å². The molecule has 0 unspecified atom stereocenters. The van der Waals surface area contributed by atoms with Crippen molar-refractivity contribution in [2.24, 2.45) is 0 Å². The van der Waals surface area contributed by atoms with Crippen molar-refractivity contribution in [2.75, 3.05) is 5.32 Å². The van der Waals surface area contributed by atoms with Crippen LogP contribution in [-0.4, -0.2) is 23.1 Å². The number of halogens is 2. The van der Waals surface area contributed by atoms with Crippen LogP contribution in [0.4, 0.5) is 10.1 Å². The van der Waals surface area contributed by atoms with Crippen LogP contribution < -0.4 is 10.0 Å². The maximum Gasteiger partial charge on any atom is 0.247 e. The van der Waals surface area contributed by atoms with Gasteiger partial charge in [-0.3, -0.25) is 4.79 Å². The predicted octanol–water partition coefficient (Wildman–Crippen LogP) is 4.14. The molecule has 4 aromatic rings. The minimum absolute atomic E-state index is 0.106. The Labute approximate surface area is 186 Å². The second-order valence-electron chi connectivity index (χ2n) is 6.47. The maximum atomic E-state index is 14.2.